The van der Waals surface area contributed by atoms with Crippen LogP contribution in [0.15, 0.2) is 35.3 Å². The van der Waals surface area contributed by atoms with Crippen molar-refractivity contribution in [3.05, 3.63) is 42.4 Å². The molecule has 0 atom stereocenters. The van der Waals surface area contributed by atoms with E-state index in [4.69, 9.17) is 9.15 Å². The summed E-state index contributed by atoms with van der Waals surface area (Å²) in [6, 6.07) is 5.86. The van der Waals surface area contributed by atoms with Crippen molar-refractivity contribution in [2.75, 3.05) is 7.11 Å². The number of aromatic nitrogens is 5. The van der Waals surface area contributed by atoms with E-state index in [1.54, 1.807) is 30.4 Å². The van der Waals surface area contributed by atoms with Gasteiger partial charge in [-0.3, -0.25) is 0 Å². The second-order valence-corrected chi connectivity index (χ2v) is 4.38. The van der Waals surface area contributed by atoms with Gasteiger partial charge in [0.2, 0.25) is 12.3 Å². The van der Waals surface area contributed by atoms with Crippen molar-refractivity contribution in [2.24, 2.45) is 0 Å². The fourth-order valence-electron chi connectivity index (χ4n) is 1.87. The number of benzene rings is 1. The van der Waals surface area contributed by atoms with Crippen LogP contribution in [-0.4, -0.2) is 32.1 Å². The average Bonchev–Trinajstić information content (AvgIpc) is 3.15. The molecule has 0 fully saturated rings. The van der Waals surface area contributed by atoms with Crippen LogP contribution in [0.5, 0.6) is 5.75 Å². The SMILES string of the molecule is COc1cc(C)cc(-c2ncn(/C=C\c3nnco3)n2)c1. The van der Waals surface area contributed by atoms with Gasteiger partial charge in [0.1, 0.15) is 12.1 Å². The van der Waals surface area contributed by atoms with Gasteiger partial charge in [-0.25, -0.2) is 9.67 Å². The zero-order valence-corrected chi connectivity index (χ0v) is 11.6. The van der Waals surface area contributed by atoms with Crippen LogP contribution in [0.25, 0.3) is 23.7 Å². The molecule has 2 heterocycles. The predicted octanol–water partition coefficient (Wildman–Crippen LogP) is 2.27. The van der Waals surface area contributed by atoms with Gasteiger partial charge < -0.3 is 9.15 Å². The van der Waals surface area contributed by atoms with Crippen LogP contribution in [0.3, 0.4) is 0 Å². The standard InChI is InChI=1S/C14H13N5O2/c1-10-5-11(7-12(6-10)20-2)14-15-8-19(18-14)4-3-13-17-16-9-21-13/h3-9H,1-2H3/b4-3-. The van der Waals surface area contributed by atoms with Crippen molar-refractivity contribution in [3.8, 4) is 17.1 Å². The minimum absolute atomic E-state index is 0.407. The molecule has 0 amide bonds. The van der Waals surface area contributed by atoms with E-state index < -0.39 is 0 Å². The lowest BCUT2D eigenvalue weighted by Crippen LogP contribution is -1.90. The lowest BCUT2D eigenvalue weighted by atomic mass is 10.1. The molecular weight excluding hydrogens is 270 g/mol. The molecule has 0 aliphatic carbocycles. The molecule has 0 spiro atoms. The lowest BCUT2D eigenvalue weighted by molar-refractivity contribution is 0.414. The normalized spacial score (nSPS) is 11.1. The number of hydrogen-bond donors (Lipinski definition) is 0. The second kappa shape index (κ2) is 5.58. The molecule has 0 aliphatic heterocycles. The van der Waals surface area contributed by atoms with Crippen LogP contribution in [0.1, 0.15) is 11.5 Å². The minimum atomic E-state index is 0.407. The van der Waals surface area contributed by atoms with Crippen molar-refractivity contribution in [2.45, 2.75) is 6.92 Å². The molecule has 0 bridgehead atoms. The molecule has 2 aromatic heterocycles. The van der Waals surface area contributed by atoms with Gasteiger partial charge in [-0.15, -0.1) is 15.3 Å². The summed E-state index contributed by atoms with van der Waals surface area (Å²) >= 11 is 0. The van der Waals surface area contributed by atoms with Crippen molar-refractivity contribution >= 4 is 12.3 Å². The van der Waals surface area contributed by atoms with Gasteiger partial charge in [-0.2, -0.15) is 0 Å². The molecule has 3 aromatic rings. The zero-order valence-electron chi connectivity index (χ0n) is 11.6. The van der Waals surface area contributed by atoms with Gasteiger partial charge in [0.25, 0.3) is 0 Å². The van der Waals surface area contributed by atoms with Gasteiger partial charge in [0, 0.05) is 17.8 Å². The molecule has 0 saturated carbocycles. The van der Waals surface area contributed by atoms with Crippen molar-refractivity contribution in [1.29, 1.82) is 0 Å². The topological polar surface area (TPSA) is 78.9 Å². The fourth-order valence-corrected chi connectivity index (χ4v) is 1.87. The van der Waals surface area contributed by atoms with Crippen LogP contribution in [0.2, 0.25) is 0 Å². The largest absolute Gasteiger partial charge is 0.497 e. The summed E-state index contributed by atoms with van der Waals surface area (Å²) in [6.45, 7) is 2.00. The number of nitrogens with zero attached hydrogens (tertiary/aromatic N) is 5. The van der Waals surface area contributed by atoms with E-state index in [0.717, 1.165) is 16.9 Å². The molecular formula is C14H13N5O2. The summed E-state index contributed by atoms with van der Waals surface area (Å²) in [5, 5.41) is 11.7. The van der Waals surface area contributed by atoms with E-state index in [1.807, 2.05) is 25.1 Å². The van der Waals surface area contributed by atoms with E-state index in [1.165, 1.54) is 6.39 Å². The van der Waals surface area contributed by atoms with Crippen LogP contribution in [-0.2, 0) is 0 Å². The summed E-state index contributed by atoms with van der Waals surface area (Å²) in [5.74, 6) is 1.80. The van der Waals surface area contributed by atoms with Crippen molar-refractivity contribution in [3.63, 3.8) is 0 Å². The Bertz CT molecular complexity index is 762. The third-order valence-corrected chi connectivity index (χ3v) is 2.80. The Morgan fingerprint density at radius 1 is 1.29 bits per heavy atom. The van der Waals surface area contributed by atoms with Crippen LogP contribution in [0, 0.1) is 6.92 Å². The molecule has 0 aliphatic rings. The predicted molar refractivity (Wildman–Crippen MR) is 76.3 cm³/mol. The highest BCUT2D eigenvalue weighted by Crippen LogP contribution is 2.23. The lowest BCUT2D eigenvalue weighted by Gasteiger charge is -2.03. The summed E-state index contributed by atoms with van der Waals surface area (Å²) in [5.41, 5.74) is 1.99. The molecule has 0 unspecified atom stereocenters. The minimum Gasteiger partial charge on any atom is -0.497 e. The van der Waals surface area contributed by atoms with Gasteiger partial charge in [-0.05, 0) is 30.7 Å². The number of aryl methyl sites for hydroxylation is 1. The van der Waals surface area contributed by atoms with E-state index in [-0.39, 0.29) is 0 Å². The number of hydrogen-bond acceptors (Lipinski definition) is 6. The Morgan fingerprint density at radius 3 is 2.95 bits per heavy atom. The summed E-state index contributed by atoms with van der Waals surface area (Å²) in [4.78, 5) is 4.28. The zero-order chi connectivity index (χ0) is 14.7. The first-order valence-corrected chi connectivity index (χ1v) is 6.26. The van der Waals surface area contributed by atoms with E-state index in [0.29, 0.717) is 11.7 Å². The molecule has 21 heavy (non-hydrogen) atoms. The van der Waals surface area contributed by atoms with E-state index in [9.17, 15) is 0 Å². The fraction of sp³-hybridized carbons (Fsp3) is 0.143. The van der Waals surface area contributed by atoms with E-state index >= 15 is 0 Å². The third kappa shape index (κ3) is 2.97. The second-order valence-electron chi connectivity index (χ2n) is 4.38. The quantitative estimate of drug-likeness (QED) is 0.730. The maximum Gasteiger partial charge on any atom is 0.241 e. The molecule has 0 N–H and O–H groups in total. The van der Waals surface area contributed by atoms with Crippen LogP contribution >= 0.6 is 0 Å². The Hall–Kier alpha value is -2.96. The molecule has 7 nitrogen and oxygen atoms in total. The van der Waals surface area contributed by atoms with Gasteiger partial charge in [-0.1, -0.05) is 0 Å². The van der Waals surface area contributed by atoms with Crippen LogP contribution < -0.4 is 4.74 Å². The summed E-state index contributed by atoms with van der Waals surface area (Å²) < 4.78 is 11.8. The maximum atomic E-state index is 5.26. The van der Waals surface area contributed by atoms with Gasteiger partial charge in [0.15, 0.2) is 5.82 Å². The first-order chi connectivity index (χ1) is 10.2. The highest BCUT2D eigenvalue weighted by Gasteiger charge is 2.06. The highest BCUT2D eigenvalue weighted by atomic mass is 16.5. The van der Waals surface area contributed by atoms with Crippen molar-refractivity contribution < 1.29 is 9.15 Å². The van der Waals surface area contributed by atoms with Gasteiger partial charge >= 0.3 is 0 Å². The van der Waals surface area contributed by atoms with Crippen LogP contribution in [0.4, 0.5) is 0 Å². The highest BCUT2D eigenvalue weighted by molar-refractivity contribution is 5.59. The summed E-state index contributed by atoms with van der Waals surface area (Å²) in [6.07, 6.45) is 6.22. The molecule has 106 valence electrons. The number of methoxy groups -OCH3 is 1. The monoisotopic (exact) mass is 283 g/mol. The molecule has 7 heteroatoms. The Kier molecular flexibility index (Phi) is 3.46. The molecule has 1 aromatic carbocycles. The third-order valence-electron chi connectivity index (χ3n) is 2.80. The Labute approximate surface area is 120 Å². The van der Waals surface area contributed by atoms with Gasteiger partial charge in [0.05, 0.1) is 7.11 Å². The number of ether oxygens (including phenoxy) is 1. The Morgan fingerprint density at radius 2 is 2.19 bits per heavy atom. The van der Waals surface area contributed by atoms with E-state index in [2.05, 4.69) is 20.3 Å². The molecule has 3 rings (SSSR count). The first-order valence-electron chi connectivity index (χ1n) is 6.26. The average molecular weight is 283 g/mol. The number of rotatable bonds is 4. The smallest absolute Gasteiger partial charge is 0.241 e. The maximum absolute atomic E-state index is 5.26. The summed E-state index contributed by atoms with van der Waals surface area (Å²) in [7, 11) is 1.64. The Balaban J connectivity index is 1.86. The first kappa shape index (κ1) is 13.0. The molecule has 0 radical (unpaired) electrons. The molecule has 0 saturated heterocycles. The van der Waals surface area contributed by atoms with Crippen molar-refractivity contribution in [1.82, 2.24) is 25.0 Å².